The van der Waals surface area contributed by atoms with Crippen molar-refractivity contribution in [1.82, 2.24) is 0 Å². The summed E-state index contributed by atoms with van der Waals surface area (Å²) in [5, 5.41) is 0. The number of quaternary nitrogens is 2. The number of benzene rings is 1. The van der Waals surface area contributed by atoms with Crippen LogP contribution in [0.25, 0.3) is 0 Å². The highest BCUT2D eigenvalue weighted by Gasteiger charge is 2.39. The normalized spacial score (nSPS) is 11.3. The molecule has 25 nitrogen and oxygen atoms in total. The van der Waals surface area contributed by atoms with Gasteiger partial charge in [-0.2, -0.15) is 0 Å². The molecule has 1 aromatic rings. The van der Waals surface area contributed by atoms with Gasteiger partial charge in [-0.05, 0) is 26.3 Å². The maximum absolute atomic E-state index is 12.2. The van der Waals surface area contributed by atoms with Gasteiger partial charge in [0.2, 0.25) is 0 Å². The first-order valence-electron chi connectivity index (χ1n) is 26.5. The quantitative estimate of drug-likeness (QED) is 0.0340. The average molecular weight is 1340 g/mol. The zero-order valence-electron chi connectivity index (χ0n) is 53.4. The van der Waals surface area contributed by atoms with Crippen LogP contribution in [0.2, 0.25) is 0 Å². The lowest BCUT2D eigenvalue weighted by Crippen LogP contribution is -3.00. The van der Waals surface area contributed by atoms with E-state index in [1.54, 1.807) is 35.0 Å². The van der Waals surface area contributed by atoms with E-state index in [1.807, 2.05) is 51.5 Å². The van der Waals surface area contributed by atoms with E-state index in [-0.39, 0.29) is 117 Å². The molecule has 27 heteroatoms. The summed E-state index contributed by atoms with van der Waals surface area (Å²) in [6, 6.07) is 9.57. The first-order chi connectivity index (χ1) is 37.9. The lowest BCUT2D eigenvalue weighted by molar-refractivity contribution is -0.870. The predicted molar refractivity (Wildman–Crippen MR) is 299 cm³/mol. The molecule has 0 aliphatic rings. The van der Waals surface area contributed by atoms with Crippen LogP contribution in [0.15, 0.2) is 30.3 Å². The third kappa shape index (κ3) is 57.1. The van der Waals surface area contributed by atoms with Crippen molar-refractivity contribution in [2.75, 3.05) is 156 Å². The Kier molecular flexibility index (Phi) is 54.5. The largest absolute Gasteiger partial charge is 1.00 e. The minimum Gasteiger partial charge on any atom is -1.00 e. The van der Waals surface area contributed by atoms with Crippen molar-refractivity contribution < 1.29 is 152 Å². The first-order valence-corrected chi connectivity index (χ1v) is 26.5. The minimum atomic E-state index is -1.20. The Balaban J connectivity index is -0.000000231. The maximum Gasteiger partial charge on any atom is 0.318 e. The number of hydrogen-bond acceptors (Lipinski definition) is 23. The summed E-state index contributed by atoms with van der Waals surface area (Å²) in [7, 11) is 17.0. The Morgan fingerprint density at radius 1 is 0.345 bits per heavy atom. The molecule has 1 rings (SSSR count). The second-order valence-electron chi connectivity index (χ2n) is 21.5. The maximum atomic E-state index is 12.2. The fourth-order valence-corrected chi connectivity index (χ4v) is 5.85. The molecule has 490 valence electrons. The lowest BCUT2D eigenvalue weighted by atomic mass is 9.93. The van der Waals surface area contributed by atoms with Crippen LogP contribution in [0.5, 0.6) is 0 Å². The number of methoxy groups -OCH3 is 3. The lowest BCUT2D eigenvalue weighted by Gasteiger charge is -2.27. The van der Waals surface area contributed by atoms with Gasteiger partial charge >= 0.3 is 59.7 Å². The van der Waals surface area contributed by atoms with Gasteiger partial charge < -0.3 is 105 Å². The van der Waals surface area contributed by atoms with E-state index in [1.165, 1.54) is 55.6 Å². The molecular formula is C57H100Br2N2O23. The summed E-state index contributed by atoms with van der Waals surface area (Å²) in [6.07, 6.45) is 2.61. The third-order valence-corrected chi connectivity index (χ3v) is 10.1. The fourth-order valence-electron chi connectivity index (χ4n) is 5.85. The Labute approximate surface area is 519 Å². The number of halogens is 2. The van der Waals surface area contributed by atoms with E-state index in [9.17, 15) is 47.9 Å². The second-order valence-corrected chi connectivity index (χ2v) is 21.5. The number of hydrogen-bond donors (Lipinski definition) is 0. The Morgan fingerprint density at radius 3 is 0.833 bits per heavy atom. The van der Waals surface area contributed by atoms with E-state index < -0.39 is 46.1 Å². The molecule has 0 saturated heterocycles. The fraction of sp³-hybridized carbons (Fsp3) is 0.719. The number of carbonyl (C=O) groups excluding carboxylic acids is 10. The van der Waals surface area contributed by atoms with Gasteiger partial charge in [-0.15, -0.1) is 0 Å². The molecule has 0 spiro atoms. The van der Waals surface area contributed by atoms with Crippen LogP contribution in [0, 0.1) is 16.2 Å². The Morgan fingerprint density at radius 2 is 0.583 bits per heavy atom. The first kappa shape index (κ1) is 89.9. The van der Waals surface area contributed by atoms with Crippen LogP contribution < -0.4 is 34.0 Å². The van der Waals surface area contributed by atoms with E-state index in [2.05, 4.69) is 40.1 Å². The molecule has 84 heavy (non-hydrogen) atoms. The number of esters is 10. The van der Waals surface area contributed by atoms with Gasteiger partial charge in [-0.25, -0.2) is 0 Å². The van der Waals surface area contributed by atoms with Crippen molar-refractivity contribution in [1.29, 1.82) is 0 Å². The number of ether oxygens (including phenoxy) is 13. The molecular weight excluding hydrogens is 1240 g/mol. The molecule has 0 aromatic heterocycles. The van der Waals surface area contributed by atoms with Crippen LogP contribution in [0.1, 0.15) is 100 Å². The average Bonchev–Trinajstić information content (AvgIpc) is 3.36. The van der Waals surface area contributed by atoms with Crippen molar-refractivity contribution in [3.63, 3.8) is 0 Å². The van der Waals surface area contributed by atoms with Crippen molar-refractivity contribution >= 4 is 59.7 Å². The summed E-state index contributed by atoms with van der Waals surface area (Å²) in [4.78, 5) is 110. The Bertz CT molecular complexity index is 1920. The van der Waals surface area contributed by atoms with Gasteiger partial charge in [-0.1, -0.05) is 30.3 Å². The van der Waals surface area contributed by atoms with Crippen LogP contribution >= 0.6 is 0 Å². The van der Waals surface area contributed by atoms with Crippen LogP contribution in [-0.2, 0) is 116 Å². The highest BCUT2D eigenvalue weighted by Crippen LogP contribution is 2.23. The zero-order valence-corrected chi connectivity index (χ0v) is 56.5. The summed E-state index contributed by atoms with van der Waals surface area (Å²) in [6.45, 7) is 18.3. The molecule has 0 amide bonds. The molecule has 0 fully saturated rings. The predicted octanol–water partition coefficient (Wildman–Crippen LogP) is -1.36. The summed E-state index contributed by atoms with van der Waals surface area (Å²) < 4.78 is 65.6. The monoisotopic (exact) mass is 1340 g/mol. The highest BCUT2D eigenvalue weighted by molar-refractivity contribution is 5.79. The molecule has 1 aromatic carbocycles. The van der Waals surface area contributed by atoms with Gasteiger partial charge in [0.15, 0.2) is 0 Å². The van der Waals surface area contributed by atoms with Gasteiger partial charge in [0.25, 0.3) is 0 Å². The van der Waals surface area contributed by atoms with E-state index in [4.69, 9.17) is 42.6 Å². The van der Waals surface area contributed by atoms with Gasteiger partial charge in [0, 0.05) is 95.5 Å². The third-order valence-electron chi connectivity index (χ3n) is 10.1. The van der Waals surface area contributed by atoms with Crippen LogP contribution in [0.4, 0.5) is 0 Å². The summed E-state index contributed by atoms with van der Waals surface area (Å²) >= 11 is 0. The number of rotatable bonds is 33. The van der Waals surface area contributed by atoms with E-state index in [0.717, 1.165) is 34.0 Å². The highest BCUT2D eigenvalue weighted by atomic mass is 79.9. The standard InChI is InChI=1S/C15H28NO6.C14H28NO5.C14H20O4.2C7H12O4.2BrH/c1-12(17)21-10-15(3,11-22-13(2)18)14(19)20-9-7-8-16(4,5)6;1-12(16)20-11-14(2,10-18-6)13(17)19-9-7-8-15(3,4)5;1-14(10-16-2,11-17-3)13(15)18-9-12-7-5-4-6-8-12;2*1-6(8)10-4-3-5-11-7(2)9;;/h7-11H2,1-6H3;7-11H2,1-6H3;4-8H,9-11H2,1-3H3;2*3-5H2,1-2H3;2*1H/q2*+1;;;;;/p-2. The topological polar surface area (TPSA) is 291 Å². The van der Waals surface area contributed by atoms with Gasteiger partial charge in [-0.3, -0.25) is 47.9 Å². The molecule has 0 bridgehead atoms. The minimum absolute atomic E-state index is 0. The summed E-state index contributed by atoms with van der Waals surface area (Å²) in [5.74, 6) is -3.95. The molecule has 0 N–H and O–H groups in total. The van der Waals surface area contributed by atoms with Crippen molar-refractivity contribution in [2.24, 2.45) is 16.2 Å². The molecule has 0 aliphatic heterocycles. The van der Waals surface area contributed by atoms with Crippen molar-refractivity contribution in [2.45, 2.75) is 102 Å². The molecule has 1 atom stereocenters. The second kappa shape index (κ2) is 51.0. The van der Waals surface area contributed by atoms with E-state index >= 15 is 0 Å². The number of carbonyl (C=O) groups is 10. The molecule has 0 radical (unpaired) electrons. The van der Waals surface area contributed by atoms with Gasteiger partial charge in [0.1, 0.15) is 42.7 Å². The smallest absolute Gasteiger partial charge is 0.318 e. The molecule has 0 saturated carbocycles. The van der Waals surface area contributed by atoms with E-state index in [0.29, 0.717) is 52.3 Å². The molecule has 0 aliphatic carbocycles. The SMILES string of the molecule is CC(=O)OCC(C)(COC(C)=O)C(=O)OCCC[N+](C)(C)C.CC(=O)OCCCOC(C)=O.CC(=O)OCCCOC(C)=O.COCC(C)(COC(C)=O)C(=O)OCCC[N+](C)(C)C.COCC(C)(COC)C(=O)OCc1ccccc1.[Br-].[Br-]. The van der Waals surface area contributed by atoms with Crippen LogP contribution in [-0.4, -0.2) is 225 Å². The van der Waals surface area contributed by atoms with Crippen molar-refractivity contribution in [3.8, 4) is 0 Å². The Hall–Kier alpha value is -5.32. The van der Waals surface area contributed by atoms with Gasteiger partial charge in [0.05, 0.1) is 115 Å². The zero-order chi connectivity index (χ0) is 64.0. The molecule has 1 unspecified atom stereocenters. The number of nitrogens with zero attached hydrogens (tertiary/aromatic N) is 2. The molecule has 0 heterocycles. The van der Waals surface area contributed by atoms with Crippen molar-refractivity contribution in [3.05, 3.63) is 35.9 Å². The van der Waals surface area contributed by atoms with Crippen LogP contribution in [0.3, 0.4) is 0 Å². The summed E-state index contributed by atoms with van der Waals surface area (Å²) in [5.41, 5.74) is -1.97.